The molecule has 0 unspecified atom stereocenters. The van der Waals surface area contributed by atoms with Gasteiger partial charge in [0.05, 0.1) is 6.04 Å². The average molecular weight is 252 g/mol. The van der Waals surface area contributed by atoms with Crippen LogP contribution in [0.2, 0.25) is 0 Å². The van der Waals surface area contributed by atoms with Crippen LogP contribution in [-0.2, 0) is 4.84 Å². The van der Waals surface area contributed by atoms with Gasteiger partial charge in [0, 0.05) is 6.54 Å². The van der Waals surface area contributed by atoms with E-state index in [4.69, 9.17) is 4.84 Å². The zero-order valence-electron chi connectivity index (χ0n) is 11.6. The Morgan fingerprint density at radius 3 is 2.72 bits per heavy atom. The van der Waals surface area contributed by atoms with Gasteiger partial charge in [-0.1, -0.05) is 25.4 Å². The van der Waals surface area contributed by atoms with Crippen molar-refractivity contribution in [1.29, 1.82) is 0 Å². The van der Waals surface area contributed by atoms with Gasteiger partial charge in [-0.3, -0.25) is 4.90 Å². The fourth-order valence-electron chi connectivity index (χ4n) is 4.74. The Bertz CT molecular complexity index is 380. The Labute approximate surface area is 109 Å². The van der Waals surface area contributed by atoms with Crippen LogP contribution in [0.3, 0.4) is 0 Å². The Hall–Kier alpha value is -0.610. The van der Waals surface area contributed by atoms with Crippen molar-refractivity contribution in [1.82, 2.24) is 4.90 Å². The lowest BCUT2D eigenvalue weighted by Gasteiger charge is -2.43. The van der Waals surface area contributed by atoms with Gasteiger partial charge in [-0.05, 0) is 36.6 Å². The Balaban J connectivity index is 2.01. The maximum Gasteiger partial charge on any atom is 0.110 e. The minimum absolute atomic E-state index is 0.293. The molecule has 0 amide bonds. The summed E-state index contributed by atoms with van der Waals surface area (Å²) in [6.07, 6.45) is 4.64. The molecule has 3 atom stereocenters. The predicted molar refractivity (Wildman–Crippen MR) is 70.5 cm³/mol. The summed E-state index contributed by atoms with van der Waals surface area (Å²) < 4.78 is 0. The molecule has 1 N–H and O–H groups in total. The van der Waals surface area contributed by atoms with Crippen molar-refractivity contribution in [3.05, 3.63) is 0 Å². The van der Waals surface area contributed by atoms with Gasteiger partial charge in [0.15, 0.2) is 0 Å². The molecule has 102 valence electrons. The highest BCUT2D eigenvalue weighted by Gasteiger charge is 2.62. The summed E-state index contributed by atoms with van der Waals surface area (Å²) in [6.45, 7) is 6.59. The Morgan fingerprint density at radius 1 is 1.33 bits per heavy atom. The summed E-state index contributed by atoms with van der Waals surface area (Å²) in [5, 5.41) is 14.3. The summed E-state index contributed by atoms with van der Waals surface area (Å²) in [7, 11) is 1.57. The van der Waals surface area contributed by atoms with Crippen LogP contribution in [0.1, 0.15) is 39.5 Å². The number of nitrogens with zero attached hydrogens (tertiary/aromatic N) is 2. The van der Waals surface area contributed by atoms with Gasteiger partial charge in [0.1, 0.15) is 18.9 Å². The van der Waals surface area contributed by atoms with Gasteiger partial charge in [0.25, 0.3) is 0 Å². The summed E-state index contributed by atoms with van der Waals surface area (Å²) in [5.74, 6) is 0. The molecule has 18 heavy (non-hydrogen) atoms. The van der Waals surface area contributed by atoms with Crippen molar-refractivity contribution in [2.45, 2.75) is 51.7 Å². The lowest BCUT2D eigenvalue weighted by atomic mass is 9.62. The molecule has 3 rings (SSSR count). The van der Waals surface area contributed by atoms with E-state index in [0.29, 0.717) is 16.9 Å². The highest BCUT2D eigenvalue weighted by Crippen LogP contribution is 2.61. The molecule has 1 aliphatic carbocycles. The van der Waals surface area contributed by atoms with Gasteiger partial charge >= 0.3 is 0 Å². The number of hydrogen-bond donors (Lipinski definition) is 1. The van der Waals surface area contributed by atoms with E-state index in [-0.39, 0.29) is 0 Å². The monoisotopic (exact) mass is 252 g/mol. The molecule has 1 saturated carbocycles. The first-order valence-corrected chi connectivity index (χ1v) is 7.05. The van der Waals surface area contributed by atoms with Gasteiger partial charge in [0.2, 0.25) is 0 Å². The molecule has 0 radical (unpaired) electrons. The van der Waals surface area contributed by atoms with E-state index in [0.717, 1.165) is 18.8 Å². The minimum atomic E-state index is -0.441. The van der Waals surface area contributed by atoms with Crippen molar-refractivity contribution < 1.29 is 9.94 Å². The molecule has 4 nitrogen and oxygen atoms in total. The second-order valence-electron chi connectivity index (χ2n) is 6.76. The third-order valence-corrected chi connectivity index (χ3v) is 5.73. The van der Waals surface area contributed by atoms with Crippen molar-refractivity contribution >= 4 is 5.71 Å². The number of oxime groups is 1. The molecule has 1 spiro atoms. The standard InChI is InChI=1S/C14H24N2O2/c1-13(2)5-4-6-14(13)7-8-16-9-10(17)11(12(14)16)15-18-3/h10,12,17H,4-9H2,1-3H3/b15-11+/t10-,12+,14-/m1/s1. The van der Waals surface area contributed by atoms with Crippen molar-refractivity contribution in [3.63, 3.8) is 0 Å². The largest absolute Gasteiger partial charge is 0.399 e. The first-order valence-electron chi connectivity index (χ1n) is 7.05. The SMILES string of the molecule is CO/N=C1\[C@H](O)CN2CC[C@]3(CCCC3(C)C)[C@H]12. The van der Waals surface area contributed by atoms with E-state index in [1.54, 1.807) is 7.11 Å². The van der Waals surface area contributed by atoms with E-state index in [9.17, 15) is 5.11 Å². The molecule has 4 heteroatoms. The topological polar surface area (TPSA) is 45.1 Å². The van der Waals surface area contributed by atoms with Gasteiger partial charge in [-0.2, -0.15) is 0 Å². The van der Waals surface area contributed by atoms with Gasteiger partial charge in [-0.25, -0.2) is 0 Å². The fourth-order valence-corrected chi connectivity index (χ4v) is 4.74. The maximum atomic E-state index is 10.2. The summed E-state index contributed by atoms with van der Waals surface area (Å²) in [5.41, 5.74) is 1.50. The number of rotatable bonds is 1. The van der Waals surface area contributed by atoms with Crippen LogP contribution >= 0.6 is 0 Å². The van der Waals surface area contributed by atoms with Crippen LogP contribution in [-0.4, -0.2) is 48.1 Å². The zero-order chi connectivity index (χ0) is 13.0. The molecular formula is C14H24N2O2. The minimum Gasteiger partial charge on any atom is -0.399 e. The number of aliphatic hydroxyl groups excluding tert-OH is 1. The van der Waals surface area contributed by atoms with Crippen molar-refractivity contribution in [2.75, 3.05) is 20.2 Å². The second kappa shape index (κ2) is 3.94. The molecule has 0 aromatic carbocycles. The van der Waals surface area contributed by atoms with E-state index in [1.807, 2.05) is 0 Å². The molecule has 0 bridgehead atoms. The van der Waals surface area contributed by atoms with E-state index in [1.165, 1.54) is 25.7 Å². The molecule has 3 aliphatic rings. The van der Waals surface area contributed by atoms with Crippen molar-refractivity contribution in [2.24, 2.45) is 16.0 Å². The van der Waals surface area contributed by atoms with Crippen molar-refractivity contribution in [3.8, 4) is 0 Å². The third kappa shape index (κ3) is 1.42. The lowest BCUT2D eigenvalue weighted by Crippen LogP contribution is -2.46. The highest BCUT2D eigenvalue weighted by atomic mass is 16.6. The van der Waals surface area contributed by atoms with E-state index in [2.05, 4.69) is 23.9 Å². The quantitative estimate of drug-likeness (QED) is 0.722. The summed E-state index contributed by atoms with van der Waals surface area (Å²) >= 11 is 0. The number of aliphatic hydroxyl groups is 1. The molecular weight excluding hydrogens is 228 g/mol. The van der Waals surface area contributed by atoms with E-state index >= 15 is 0 Å². The molecule has 2 heterocycles. The fraction of sp³-hybridized carbons (Fsp3) is 0.929. The van der Waals surface area contributed by atoms with Crippen LogP contribution < -0.4 is 0 Å². The van der Waals surface area contributed by atoms with Gasteiger partial charge < -0.3 is 9.94 Å². The maximum absolute atomic E-state index is 10.2. The van der Waals surface area contributed by atoms with Gasteiger partial charge in [-0.15, -0.1) is 0 Å². The Morgan fingerprint density at radius 2 is 2.11 bits per heavy atom. The van der Waals surface area contributed by atoms with Crippen LogP contribution in [0, 0.1) is 10.8 Å². The average Bonchev–Trinajstić information content (AvgIpc) is 2.89. The van der Waals surface area contributed by atoms with Crippen LogP contribution in [0.5, 0.6) is 0 Å². The molecule has 2 saturated heterocycles. The molecule has 0 aromatic rings. The third-order valence-electron chi connectivity index (χ3n) is 5.73. The predicted octanol–water partition coefficient (Wildman–Crippen LogP) is 1.63. The lowest BCUT2D eigenvalue weighted by molar-refractivity contribution is 0.0930. The molecule has 2 aliphatic heterocycles. The number of fused-ring (bicyclic) bond motifs is 2. The first-order chi connectivity index (χ1) is 8.52. The highest BCUT2D eigenvalue weighted by molar-refractivity contribution is 5.96. The summed E-state index contributed by atoms with van der Waals surface area (Å²) in [4.78, 5) is 7.39. The second-order valence-corrected chi connectivity index (χ2v) is 6.76. The number of hydrogen-bond acceptors (Lipinski definition) is 4. The molecule has 3 fully saturated rings. The zero-order valence-corrected chi connectivity index (χ0v) is 11.6. The van der Waals surface area contributed by atoms with Crippen LogP contribution in [0.15, 0.2) is 5.16 Å². The molecule has 0 aromatic heterocycles. The normalized spacial score (nSPS) is 45.0. The Kier molecular flexibility index (Phi) is 2.72. The summed E-state index contributed by atoms with van der Waals surface area (Å²) in [6, 6.07) is 0.296. The smallest absolute Gasteiger partial charge is 0.110 e. The van der Waals surface area contributed by atoms with E-state index < -0.39 is 6.10 Å². The van der Waals surface area contributed by atoms with Crippen LogP contribution in [0.25, 0.3) is 0 Å². The van der Waals surface area contributed by atoms with Crippen LogP contribution in [0.4, 0.5) is 0 Å². The first kappa shape index (κ1) is 12.4.